The highest BCUT2D eigenvalue weighted by Gasteiger charge is 2.32. The van der Waals surface area contributed by atoms with Gasteiger partial charge in [0.05, 0.1) is 11.9 Å². The normalized spacial score (nSPS) is 19.5. The van der Waals surface area contributed by atoms with E-state index in [0.717, 1.165) is 69.7 Å². The largest absolute Gasteiger partial charge is 0.399 e. The van der Waals surface area contributed by atoms with E-state index >= 15 is 0 Å². The van der Waals surface area contributed by atoms with Crippen LogP contribution in [0.15, 0.2) is 35.9 Å². The van der Waals surface area contributed by atoms with Gasteiger partial charge in [-0.15, -0.1) is 0 Å². The number of rotatable bonds is 6. The summed E-state index contributed by atoms with van der Waals surface area (Å²) >= 11 is 0. The Balaban J connectivity index is 1.26. The predicted octanol–water partition coefficient (Wildman–Crippen LogP) is 1.89. The van der Waals surface area contributed by atoms with Gasteiger partial charge in [0.2, 0.25) is 5.91 Å². The molecule has 0 aliphatic carbocycles. The van der Waals surface area contributed by atoms with Gasteiger partial charge < -0.3 is 15.5 Å². The summed E-state index contributed by atoms with van der Waals surface area (Å²) in [5.41, 5.74) is 8.82. The molecule has 0 spiro atoms. The van der Waals surface area contributed by atoms with Gasteiger partial charge in [0.1, 0.15) is 12.9 Å². The van der Waals surface area contributed by atoms with E-state index in [9.17, 15) is 4.79 Å². The van der Waals surface area contributed by atoms with E-state index in [1.807, 2.05) is 23.2 Å². The number of pyridine rings is 1. The Bertz CT molecular complexity index is 883. The standard InChI is InChI=1S/C22H31N7O2/c1-31-27-21(19-13-25-26-14-19)17-5-10-29(11-6-17)22(30)18-3-8-28(9-4-18)15-16-2-7-24-20(23)12-16/h2,7,12-14,17-18H,3-6,8-11,15H2,1H3,(H2,23,24)(H,25,26). The Labute approximate surface area is 182 Å². The van der Waals surface area contributed by atoms with Crippen molar-refractivity contribution in [3.63, 3.8) is 0 Å². The third-order valence-electron chi connectivity index (χ3n) is 6.37. The van der Waals surface area contributed by atoms with E-state index in [1.54, 1.807) is 19.5 Å². The number of nitrogens with one attached hydrogen (secondary N) is 1. The Kier molecular flexibility index (Phi) is 6.81. The fourth-order valence-electron chi connectivity index (χ4n) is 4.67. The maximum absolute atomic E-state index is 13.1. The van der Waals surface area contributed by atoms with Gasteiger partial charge in [0.25, 0.3) is 0 Å². The molecule has 0 bridgehead atoms. The zero-order chi connectivity index (χ0) is 21.6. The van der Waals surface area contributed by atoms with Crippen LogP contribution in [0.1, 0.15) is 36.8 Å². The number of amides is 1. The third-order valence-corrected chi connectivity index (χ3v) is 6.37. The van der Waals surface area contributed by atoms with Gasteiger partial charge in [-0.2, -0.15) is 5.10 Å². The first-order valence-corrected chi connectivity index (χ1v) is 11.0. The summed E-state index contributed by atoms with van der Waals surface area (Å²) < 4.78 is 0. The molecule has 31 heavy (non-hydrogen) atoms. The number of hydrogen-bond donors (Lipinski definition) is 2. The first kappa shape index (κ1) is 21.3. The summed E-state index contributed by atoms with van der Waals surface area (Å²) in [4.78, 5) is 26.7. The first-order chi connectivity index (χ1) is 15.1. The van der Waals surface area contributed by atoms with Crippen molar-refractivity contribution >= 4 is 17.4 Å². The van der Waals surface area contributed by atoms with Crippen molar-refractivity contribution in [2.45, 2.75) is 32.2 Å². The van der Waals surface area contributed by atoms with Crippen molar-refractivity contribution in [1.82, 2.24) is 25.0 Å². The highest BCUT2D eigenvalue weighted by Crippen LogP contribution is 2.26. The fourth-order valence-corrected chi connectivity index (χ4v) is 4.67. The average Bonchev–Trinajstić information content (AvgIpc) is 3.32. The highest BCUT2D eigenvalue weighted by atomic mass is 16.6. The number of carbonyl (C=O) groups excluding carboxylic acids is 1. The van der Waals surface area contributed by atoms with E-state index in [0.29, 0.717) is 11.7 Å². The van der Waals surface area contributed by atoms with Gasteiger partial charge in [0, 0.05) is 49.4 Å². The summed E-state index contributed by atoms with van der Waals surface area (Å²) in [6, 6.07) is 3.93. The monoisotopic (exact) mass is 425 g/mol. The number of nitrogen functional groups attached to an aromatic ring is 1. The summed E-state index contributed by atoms with van der Waals surface area (Å²) in [6.45, 7) is 4.25. The van der Waals surface area contributed by atoms with Crippen LogP contribution in [-0.4, -0.2) is 69.9 Å². The second-order valence-electron chi connectivity index (χ2n) is 8.39. The van der Waals surface area contributed by atoms with Crippen molar-refractivity contribution in [3.05, 3.63) is 41.9 Å². The third kappa shape index (κ3) is 5.22. The van der Waals surface area contributed by atoms with Gasteiger partial charge in [-0.1, -0.05) is 5.16 Å². The molecule has 1 amide bonds. The van der Waals surface area contributed by atoms with Crippen molar-refractivity contribution in [3.8, 4) is 0 Å². The van der Waals surface area contributed by atoms with Gasteiger partial charge in [-0.05, 0) is 56.5 Å². The van der Waals surface area contributed by atoms with Crippen molar-refractivity contribution in [2.75, 3.05) is 39.0 Å². The molecule has 2 aromatic heterocycles. The lowest BCUT2D eigenvalue weighted by atomic mass is 9.88. The van der Waals surface area contributed by atoms with Gasteiger partial charge >= 0.3 is 0 Å². The zero-order valence-electron chi connectivity index (χ0n) is 18.0. The summed E-state index contributed by atoms with van der Waals surface area (Å²) in [5.74, 6) is 1.25. The smallest absolute Gasteiger partial charge is 0.225 e. The van der Waals surface area contributed by atoms with Crippen LogP contribution in [0, 0.1) is 11.8 Å². The summed E-state index contributed by atoms with van der Waals surface area (Å²) in [6.07, 6.45) is 8.95. The molecular formula is C22H31N7O2. The first-order valence-electron chi connectivity index (χ1n) is 11.0. The topological polar surface area (TPSA) is 113 Å². The van der Waals surface area contributed by atoms with Crippen molar-refractivity contribution < 1.29 is 9.63 Å². The maximum Gasteiger partial charge on any atom is 0.225 e. The van der Waals surface area contributed by atoms with E-state index in [1.165, 1.54) is 5.56 Å². The zero-order valence-corrected chi connectivity index (χ0v) is 18.0. The molecule has 2 fully saturated rings. The number of aromatic nitrogens is 3. The molecule has 0 atom stereocenters. The maximum atomic E-state index is 13.1. The lowest BCUT2D eigenvalue weighted by Gasteiger charge is -2.37. The fraction of sp³-hybridized carbons (Fsp3) is 0.545. The average molecular weight is 426 g/mol. The summed E-state index contributed by atoms with van der Waals surface area (Å²) in [7, 11) is 1.56. The Morgan fingerprint density at radius 1 is 1.23 bits per heavy atom. The Morgan fingerprint density at radius 3 is 2.61 bits per heavy atom. The quantitative estimate of drug-likeness (QED) is 0.540. The Hall–Kier alpha value is -2.94. The minimum absolute atomic E-state index is 0.122. The molecule has 3 N–H and O–H groups in total. The number of hydrogen-bond acceptors (Lipinski definition) is 7. The molecule has 4 rings (SSSR count). The molecule has 9 nitrogen and oxygen atoms in total. The summed E-state index contributed by atoms with van der Waals surface area (Å²) in [5, 5.41) is 11.1. The van der Waals surface area contributed by atoms with Crippen LogP contribution in [0.2, 0.25) is 0 Å². The minimum atomic E-state index is 0.122. The van der Waals surface area contributed by atoms with Crippen LogP contribution < -0.4 is 5.73 Å². The van der Waals surface area contributed by atoms with Crippen LogP contribution in [0.5, 0.6) is 0 Å². The van der Waals surface area contributed by atoms with Gasteiger partial charge in [0.15, 0.2) is 0 Å². The van der Waals surface area contributed by atoms with Crippen molar-refractivity contribution in [1.29, 1.82) is 0 Å². The van der Waals surface area contributed by atoms with Crippen LogP contribution in [0.3, 0.4) is 0 Å². The molecule has 0 unspecified atom stereocenters. The van der Waals surface area contributed by atoms with Crippen molar-refractivity contribution in [2.24, 2.45) is 17.0 Å². The van der Waals surface area contributed by atoms with Crippen LogP contribution in [0.25, 0.3) is 0 Å². The molecule has 2 aliphatic heterocycles. The molecule has 0 aromatic carbocycles. The van der Waals surface area contributed by atoms with Crippen LogP contribution in [-0.2, 0) is 16.2 Å². The lowest BCUT2D eigenvalue weighted by molar-refractivity contribution is -0.138. The number of likely N-dealkylation sites (tertiary alicyclic amines) is 2. The second-order valence-corrected chi connectivity index (χ2v) is 8.39. The number of aromatic amines is 1. The number of nitrogens with zero attached hydrogens (tertiary/aromatic N) is 5. The molecule has 2 aliphatic rings. The minimum Gasteiger partial charge on any atom is -0.399 e. The van der Waals surface area contributed by atoms with E-state index in [4.69, 9.17) is 10.6 Å². The molecule has 4 heterocycles. The molecule has 2 aromatic rings. The molecule has 166 valence electrons. The predicted molar refractivity (Wildman–Crippen MR) is 118 cm³/mol. The SMILES string of the molecule is CON=C(c1cn[nH]c1)C1CCN(C(=O)C2CCN(Cc3ccnc(N)c3)CC2)CC1. The number of carbonyl (C=O) groups is 1. The van der Waals surface area contributed by atoms with Crippen LogP contribution in [0.4, 0.5) is 5.82 Å². The van der Waals surface area contributed by atoms with Gasteiger partial charge in [-0.3, -0.25) is 14.8 Å². The molecule has 2 saturated heterocycles. The highest BCUT2D eigenvalue weighted by molar-refractivity contribution is 6.01. The Morgan fingerprint density at radius 2 is 1.97 bits per heavy atom. The number of nitrogens with two attached hydrogens (primary N) is 1. The number of H-pyrrole nitrogens is 1. The van der Waals surface area contributed by atoms with E-state index < -0.39 is 0 Å². The number of anilines is 1. The molecular weight excluding hydrogens is 394 g/mol. The second kappa shape index (κ2) is 9.91. The molecule has 0 saturated carbocycles. The molecule has 0 radical (unpaired) electrons. The molecule has 9 heteroatoms. The lowest BCUT2D eigenvalue weighted by Crippen LogP contribution is -2.46. The van der Waals surface area contributed by atoms with Gasteiger partial charge in [-0.25, -0.2) is 4.98 Å². The van der Waals surface area contributed by atoms with Crippen LogP contribution >= 0.6 is 0 Å². The van der Waals surface area contributed by atoms with E-state index in [-0.39, 0.29) is 11.8 Å². The van der Waals surface area contributed by atoms with E-state index in [2.05, 4.69) is 25.2 Å². The number of piperidine rings is 2. The number of oxime groups is 1.